The van der Waals surface area contributed by atoms with Crippen LogP contribution in [0.5, 0.6) is 0 Å². The first kappa shape index (κ1) is 20.4. The molecule has 1 amide bonds. The van der Waals surface area contributed by atoms with E-state index in [-0.39, 0.29) is 23.7 Å². The average molecular weight is 380 g/mol. The Labute approximate surface area is 159 Å². The van der Waals surface area contributed by atoms with Crippen molar-refractivity contribution in [2.75, 3.05) is 33.4 Å². The van der Waals surface area contributed by atoms with Crippen molar-refractivity contribution < 1.29 is 9.53 Å². The van der Waals surface area contributed by atoms with Crippen LogP contribution in [0, 0.1) is 12.3 Å². The van der Waals surface area contributed by atoms with Gasteiger partial charge in [-0.05, 0) is 45.0 Å². The van der Waals surface area contributed by atoms with Crippen LogP contribution < -0.4 is 10.6 Å². The SMILES string of the molecule is COCC1(CNC(=O)c2cn(-c3ccc(C)cc3)nn2)CCNCC1.Cl. The summed E-state index contributed by atoms with van der Waals surface area (Å²) in [4.78, 5) is 12.4. The Bertz CT molecular complexity index is 705. The zero-order chi connectivity index (χ0) is 17.7. The van der Waals surface area contributed by atoms with Crippen molar-refractivity contribution in [3.63, 3.8) is 0 Å². The number of amides is 1. The molecule has 142 valence electrons. The van der Waals surface area contributed by atoms with Crippen LogP contribution in [0.4, 0.5) is 0 Å². The van der Waals surface area contributed by atoms with E-state index in [1.807, 2.05) is 31.2 Å². The molecule has 0 atom stereocenters. The number of nitrogens with one attached hydrogen (secondary N) is 2. The Balaban J connectivity index is 0.00000243. The molecule has 3 rings (SSSR count). The molecular formula is C18H26ClN5O2. The number of aryl methyl sites for hydroxylation is 1. The zero-order valence-electron chi connectivity index (χ0n) is 15.2. The maximum absolute atomic E-state index is 12.4. The Kier molecular flexibility index (Phi) is 7.14. The highest BCUT2D eigenvalue weighted by atomic mass is 35.5. The number of halogens is 1. The number of nitrogens with zero attached hydrogens (tertiary/aromatic N) is 3. The Hall–Kier alpha value is -1.96. The van der Waals surface area contributed by atoms with Crippen molar-refractivity contribution >= 4 is 18.3 Å². The minimum Gasteiger partial charge on any atom is -0.384 e. The van der Waals surface area contributed by atoms with E-state index in [1.165, 1.54) is 5.56 Å². The molecule has 0 radical (unpaired) electrons. The fourth-order valence-electron chi connectivity index (χ4n) is 3.19. The van der Waals surface area contributed by atoms with Crippen LogP contribution in [-0.4, -0.2) is 54.3 Å². The Morgan fingerprint density at radius 2 is 2.00 bits per heavy atom. The first-order chi connectivity index (χ1) is 12.1. The molecule has 8 heteroatoms. The summed E-state index contributed by atoms with van der Waals surface area (Å²) in [5.41, 5.74) is 2.36. The molecule has 0 bridgehead atoms. The fraction of sp³-hybridized carbons (Fsp3) is 0.500. The van der Waals surface area contributed by atoms with Gasteiger partial charge in [-0.3, -0.25) is 4.79 Å². The van der Waals surface area contributed by atoms with Crippen LogP contribution >= 0.6 is 12.4 Å². The van der Waals surface area contributed by atoms with Crippen molar-refractivity contribution in [2.24, 2.45) is 5.41 Å². The maximum Gasteiger partial charge on any atom is 0.273 e. The number of piperidine rings is 1. The molecular weight excluding hydrogens is 354 g/mol. The lowest BCUT2D eigenvalue weighted by Gasteiger charge is -2.37. The predicted octanol–water partition coefficient (Wildman–Crippen LogP) is 1.74. The lowest BCUT2D eigenvalue weighted by atomic mass is 9.79. The second-order valence-electron chi connectivity index (χ2n) is 6.75. The summed E-state index contributed by atoms with van der Waals surface area (Å²) in [6.07, 6.45) is 3.62. The molecule has 0 unspecified atom stereocenters. The van der Waals surface area contributed by atoms with Crippen LogP contribution in [0.25, 0.3) is 5.69 Å². The largest absolute Gasteiger partial charge is 0.384 e. The smallest absolute Gasteiger partial charge is 0.273 e. The normalized spacial score (nSPS) is 15.9. The van der Waals surface area contributed by atoms with Gasteiger partial charge in [0.25, 0.3) is 5.91 Å². The van der Waals surface area contributed by atoms with E-state index >= 15 is 0 Å². The number of methoxy groups -OCH3 is 1. The standard InChI is InChI=1S/C18H25N5O2.ClH/c1-14-3-5-15(6-4-14)23-11-16(21-22-23)17(24)20-12-18(13-25-2)7-9-19-10-8-18;/h3-6,11,19H,7-10,12-13H2,1-2H3,(H,20,24);1H. The Morgan fingerprint density at radius 1 is 1.31 bits per heavy atom. The highest BCUT2D eigenvalue weighted by Gasteiger charge is 2.32. The molecule has 1 aliphatic heterocycles. The summed E-state index contributed by atoms with van der Waals surface area (Å²) in [5, 5.41) is 14.4. The number of aromatic nitrogens is 3. The van der Waals surface area contributed by atoms with Gasteiger partial charge < -0.3 is 15.4 Å². The number of carbonyl (C=O) groups excluding carboxylic acids is 1. The molecule has 1 saturated heterocycles. The second kappa shape index (κ2) is 9.12. The average Bonchev–Trinajstić information content (AvgIpc) is 3.12. The van der Waals surface area contributed by atoms with Gasteiger partial charge in [-0.25, -0.2) is 4.68 Å². The van der Waals surface area contributed by atoms with Crippen molar-refractivity contribution in [3.05, 3.63) is 41.7 Å². The summed E-state index contributed by atoms with van der Waals surface area (Å²) < 4.78 is 7.00. The van der Waals surface area contributed by atoms with Crippen LogP contribution in [0.2, 0.25) is 0 Å². The first-order valence-corrected chi connectivity index (χ1v) is 8.59. The first-order valence-electron chi connectivity index (χ1n) is 8.59. The third-order valence-corrected chi connectivity index (χ3v) is 4.76. The number of hydrogen-bond acceptors (Lipinski definition) is 5. The summed E-state index contributed by atoms with van der Waals surface area (Å²) >= 11 is 0. The van der Waals surface area contributed by atoms with Gasteiger partial charge in [0.05, 0.1) is 18.5 Å². The van der Waals surface area contributed by atoms with Gasteiger partial charge >= 0.3 is 0 Å². The van der Waals surface area contributed by atoms with Crippen LogP contribution in [0.1, 0.15) is 28.9 Å². The molecule has 1 fully saturated rings. The van der Waals surface area contributed by atoms with Crippen molar-refractivity contribution in [2.45, 2.75) is 19.8 Å². The molecule has 2 aromatic rings. The third-order valence-electron chi connectivity index (χ3n) is 4.76. The topological polar surface area (TPSA) is 81.1 Å². The molecule has 7 nitrogen and oxygen atoms in total. The van der Waals surface area contributed by atoms with Gasteiger partial charge in [0, 0.05) is 19.1 Å². The fourth-order valence-corrected chi connectivity index (χ4v) is 3.19. The molecule has 1 aromatic carbocycles. The number of carbonyl (C=O) groups is 1. The van der Waals surface area contributed by atoms with Crippen molar-refractivity contribution in [3.8, 4) is 5.69 Å². The predicted molar refractivity (Wildman–Crippen MR) is 102 cm³/mol. The van der Waals surface area contributed by atoms with Gasteiger partial charge in [0.2, 0.25) is 0 Å². The monoisotopic (exact) mass is 379 g/mol. The summed E-state index contributed by atoms with van der Waals surface area (Å²) in [5.74, 6) is -0.202. The van der Waals surface area contributed by atoms with Crippen molar-refractivity contribution in [1.29, 1.82) is 0 Å². The third kappa shape index (κ3) is 4.81. The molecule has 2 heterocycles. The van der Waals surface area contributed by atoms with Gasteiger partial charge in [-0.1, -0.05) is 22.9 Å². The molecule has 1 aromatic heterocycles. The number of ether oxygens (including phenoxy) is 1. The number of rotatable bonds is 6. The van der Waals surface area contributed by atoms with E-state index in [2.05, 4.69) is 20.9 Å². The van der Waals surface area contributed by atoms with Gasteiger partial charge in [-0.2, -0.15) is 0 Å². The van der Waals surface area contributed by atoms with E-state index in [0.29, 0.717) is 18.8 Å². The van der Waals surface area contributed by atoms with Crippen LogP contribution in [0.15, 0.2) is 30.5 Å². The zero-order valence-corrected chi connectivity index (χ0v) is 16.0. The maximum atomic E-state index is 12.4. The van der Waals surface area contributed by atoms with Gasteiger partial charge in [0.15, 0.2) is 5.69 Å². The van der Waals surface area contributed by atoms with Crippen molar-refractivity contribution in [1.82, 2.24) is 25.6 Å². The minimum atomic E-state index is -0.202. The highest BCUT2D eigenvalue weighted by Crippen LogP contribution is 2.28. The van der Waals surface area contributed by atoms with Crippen LogP contribution in [-0.2, 0) is 4.74 Å². The molecule has 0 spiro atoms. The summed E-state index contributed by atoms with van der Waals surface area (Å²) in [6.45, 7) is 5.15. The van der Waals surface area contributed by atoms with Crippen LogP contribution in [0.3, 0.4) is 0 Å². The van der Waals surface area contributed by atoms with E-state index in [0.717, 1.165) is 31.6 Å². The molecule has 0 aliphatic carbocycles. The molecule has 0 saturated carbocycles. The number of benzene rings is 1. The van der Waals surface area contributed by atoms with E-state index < -0.39 is 0 Å². The highest BCUT2D eigenvalue weighted by molar-refractivity contribution is 5.91. The quantitative estimate of drug-likeness (QED) is 0.799. The minimum absolute atomic E-state index is 0. The van der Waals surface area contributed by atoms with Gasteiger partial charge in [-0.15, -0.1) is 17.5 Å². The van der Waals surface area contributed by atoms with E-state index in [1.54, 1.807) is 18.0 Å². The molecule has 2 N–H and O–H groups in total. The summed E-state index contributed by atoms with van der Waals surface area (Å²) in [6, 6.07) is 7.91. The van der Waals surface area contributed by atoms with Gasteiger partial charge in [0.1, 0.15) is 0 Å². The lowest BCUT2D eigenvalue weighted by Crippen LogP contribution is -2.47. The Morgan fingerprint density at radius 3 is 2.65 bits per heavy atom. The second-order valence-corrected chi connectivity index (χ2v) is 6.75. The van der Waals surface area contributed by atoms with E-state index in [9.17, 15) is 4.79 Å². The molecule has 26 heavy (non-hydrogen) atoms. The summed E-state index contributed by atoms with van der Waals surface area (Å²) in [7, 11) is 1.71. The lowest BCUT2D eigenvalue weighted by molar-refractivity contribution is 0.0510. The molecule has 1 aliphatic rings. The van der Waals surface area contributed by atoms with E-state index in [4.69, 9.17) is 4.74 Å². The number of hydrogen-bond donors (Lipinski definition) is 2.